The molecule has 1 aromatic rings. The molecule has 0 spiro atoms. The molecular formula is C22H29NO6. The maximum absolute atomic E-state index is 13.2. The van der Waals surface area contributed by atoms with Gasteiger partial charge in [-0.25, -0.2) is 4.79 Å². The second-order valence-electron chi connectivity index (χ2n) is 8.96. The van der Waals surface area contributed by atoms with Crippen LogP contribution in [0.4, 0.5) is 4.79 Å². The molecule has 1 aromatic carbocycles. The first-order valence-electron chi connectivity index (χ1n) is 10.3. The Labute approximate surface area is 171 Å². The molecule has 29 heavy (non-hydrogen) atoms. The van der Waals surface area contributed by atoms with Crippen molar-refractivity contribution in [3.63, 3.8) is 0 Å². The zero-order valence-electron chi connectivity index (χ0n) is 17.3. The van der Waals surface area contributed by atoms with Gasteiger partial charge in [-0.15, -0.1) is 0 Å². The second-order valence-corrected chi connectivity index (χ2v) is 8.96. The Bertz CT molecular complexity index is 753. The highest BCUT2D eigenvalue weighted by Gasteiger charge is 2.45. The van der Waals surface area contributed by atoms with Crippen molar-refractivity contribution in [2.75, 3.05) is 26.4 Å². The molecule has 3 fully saturated rings. The molecule has 3 aliphatic rings. The minimum Gasteiger partial charge on any atom is -0.444 e. The zero-order chi connectivity index (χ0) is 20.6. The summed E-state index contributed by atoms with van der Waals surface area (Å²) in [6.07, 6.45) is 0.438. The van der Waals surface area contributed by atoms with Gasteiger partial charge in [0.05, 0.1) is 38.5 Å². The molecule has 0 radical (unpaired) electrons. The van der Waals surface area contributed by atoms with Gasteiger partial charge in [-0.05, 0) is 39.7 Å². The van der Waals surface area contributed by atoms with Crippen molar-refractivity contribution in [3.05, 3.63) is 35.4 Å². The number of hydrogen-bond acceptors (Lipinski definition) is 6. The molecule has 2 unspecified atom stereocenters. The molecule has 158 valence electrons. The van der Waals surface area contributed by atoms with Crippen LogP contribution < -0.4 is 0 Å². The summed E-state index contributed by atoms with van der Waals surface area (Å²) in [6, 6.07) is 7.21. The highest BCUT2D eigenvalue weighted by atomic mass is 16.7. The number of hydrogen-bond donors (Lipinski definition) is 0. The smallest absolute Gasteiger partial charge is 0.410 e. The van der Waals surface area contributed by atoms with Crippen LogP contribution in [0.3, 0.4) is 0 Å². The molecule has 3 heterocycles. The van der Waals surface area contributed by atoms with Gasteiger partial charge in [-0.3, -0.25) is 9.69 Å². The Balaban J connectivity index is 1.48. The van der Waals surface area contributed by atoms with Gasteiger partial charge in [0.15, 0.2) is 12.1 Å². The summed E-state index contributed by atoms with van der Waals surface area (Å²) < 4.78 is 22.4. The van der Waals surface area contributed by atoms with Gasteiger partial charge in [0.2, 0.25) is 0 Å². The number of carbonyl (C=O) groups is 2. The number of ether oxygens (including phenoxy) is 4. The predicted molar refractivity (Wildman–Crippen MR) is 105 cm³/mol. The molecule has 0 aromatic heterocycles. The summed E-state index contributed by atoms with van der Waals surface area (Å²) in [4.78, 5) is 27.7. The standard InChI is InChI=1S/C22H29NO6/c1-22(2,3)29-21(25)23-17-10-16(11-18(23)13-26-12-17)19(24)14-5-4-6-15(9-14)20-27-7-8-28-20/h4-6,9,16-18,20H,7-8,10-13H2,1-3H3. The number of rotatable bonds is 3. The van der Waals surface area contributed by atoms with E-state index in [2.05, 4.69) is 0 Å². The number of fused-ring (bicyclic) bond motifs is 2. The number of piperidine rings is 1. The van der Waals surface area contributed by atoms with Crippen LogP contribution in [0.25, 0.3) is 0 Å². The van der Waals surface area contributed by atoms with Gasteiger partial charge < -0.3 is 18.9 Å². The Morgan fingerprint density at radius 2 is 1.72 bits per heavy atom. The fourth-order valence-corrected chi connectivity index (χ4v) is 4.37. The number of nitrogens with zero attached hydrogens (tertiary/aromatic N) is 1. The molecule has 0 N–H and O–H groups in total. The lowest BCUT2D eigenvalue weighted by Gasteiger charge is -2.47. The third kappa shape index (κ3) is 4.47. The van der Waals surface area contributed by atoms with Crippen LogP contribution >= 0.6 is 0 Å². The topological polar surface area (TPSA) is 74.3 Å². The van der Waals surface area contributed by atoms with E-state index in [0.29, 0.717) is 44.8 Å². The van der Waals surface area contributed by atoms with E-state index in [-0.39, 0.29) is 29.9 Å². The third-order valence-electron chi connectivity index (χ3n) is 5.56. The first kappa shape index (κ1) is 20.3. The maximum atomic E-state index is 13.2. The largest absolute Gasteiger partial charge is 0.444 e. The van der Waals surface area contributed by atoms with E-state index in [1.807, 2.05) is 45.0 Å². The summed E-state index contributed by atoms with van der Waals surface area (Å²) >= 11 is 0. The summed E-state index contributed by atoms with van der Waals surface area (Å²) in [5.74, 6) is -0.0427. The van der Waals surface area contributed by atoms with Gasteiger partial charge >= 0.3 is 6.09 Å². The molecule has 1 amide bonds. The monoisotopic (exact) mass is 403 g/mol. The second kappa shape index (κ2) is 8.05. The maximum Gasteiger partial charge on any atom is 0.410 e. The molecule has 3 saturated heterocycles. The highest BCUT2D eigenvalue weighted by Crippen LogP contribution is 2.35. The predicted octanol–water partition coefficient (Wildman–Crippen LogP) is 3.33. The van der Waals surface area contributed by atoms with Crippen LogP contribution in [0.2, 0.25) is 0 Å². The lowest BCUT2D eigenvalue weighted by molar-refractivity contribution is -0.0861. The number of Topliss-reactive ketones (excluding diaryl/α,β-unsaturated/α-hetero) is 1. The fourth-order valence-electron chi connectivity index (χ4n) is 4.37. The van der Waals surface area contributed by atoms with Gasteiger partial charge in [0.1, 0.15) is 5.60 Å². The van der Waals surface area contributed by atoms with E-state index in [0.717, 1.165) is 5.56 Å². The quantitative estimate of drug-likeness (QED) is 0.721. The molecule has 0 saturated carbocycles. The highest BCUT2D eigenvalue weighted by molar-refractivity contribution is 5.98. The van der Waals surface area contributed by atoms with Crippen molar-refractivity contribution < 1.29 is 28.5 Å². The van der Waals surface area contributed by atoms with Crippen molar-refractivity contribution in [2.24, 2.45) is 5.92 Å². The van der Waals surface area contributed by atoms with Crippen molar-refractivity contribution in [2.45, 2.75) is 57.6 Å². The Morgan fingerprint density at radius 1 is 1.07 bits per heavy atom. The average Bonchev–Trinajstić information content (AvgIpc) is 3.20. The summed E-state index contributed by atoms with van der Waals surface area (Å²) in [6.45, 7) is 7.58. The average molecular weight is 403 g/mol. The third-order valence-corrected chi connectivity index (χ3v) is 5.56. The molecule has 4 rings (SSSR count). The van der Waals surface area contributed by atoms with Gasteiger partial charge in [-0.1, -0.05) is 18.2 Å². The van der Waals surface area contributed by atoms with E-state index in [1.165, 1.54) is 0 Å². The molecule has 7 nitrogen and oxygen atoms in total. The van der Waals surface area contributed by atoms with Crippen LogP contribution in [-0.2, 0) is 18.9 Å². The van der Waals surface area contributed by atoms with Gasteiger partial charge in [0.25, 0.3) is 0 Å². The Hall–Kier alpha value is -1.96. The number of carbonyl (C=O) groups excluding carboxylic acids is 2. The normalized spacial score (nSPS) is 27.7. The van der Waals surface area contributed by atoms with E-state index in [1.54, 1.807) is 4.90 Å². The summed E-state index contributed by atoms with van der Waals surface area (Å²) in [5, 5.41) is 0. The molecule has 0 aliphatic carbocycles. The first-order valence-corrected chi connectivity index (χ1v) is 10.3. The number of ketones is 1. The fraction of sp³-hybridized carbons (Fsp3) is 0.636. The van der Waals surface area contributed by atoms with Crippen molar-refractivity contribution >= 4 is 11.9 Å². The summed E-state index contributed by atoms with van der Waals surface area (Å²) in [7, 11) is 0. The van der Waals surface area contributed by atoms with Crippen LogP contribution in [0.5, 0.6) is 0 Å². The van der Waals surface area contributed by atoms with E-state index < -0.39 is 11.9 Å². The molecule has 2 bridgehead atoms. The molecule has 3 aliphatic heterocycles. The van der Waals surface area contributed by atoms with Crippen LogP contribution in [0.1, 0.15) is 55.8 Å². The van der Waals surface area contributed by atoms with Gasteiger partial charge in [-0.2, -0.15) is 0 Å². The minimum atomic E-state index is -0.552. The molecule has 2 atom stereocenters. The van der Waals surface area contributed by atoms with Crippen LogP contribution in [-0.4, -0.2) is 60.9 Å². The first-order chi connectivity index (χ1) is 13.8. The van der Waals surface area contributed by atoms with Crippen LogP contribution in [0.15, 0.2) is 24.3 Å². The zero-order valence-corrected chi connectivity index (χ0v) is 17.3. The molecule has 7 heteroatoms. The number of amides is 1. The van der Waals surface area contributed by atoms with E-state index >= 15 is 0 Å². The van der Waals surface area contributed by atoms with Crippen molar-refractivity contribution in [1.82, 2.24) is 4.90 Å². The Morgan fingerprint density at radius 3 is 2.34 bits per heavy atom. The van der Waals surface area contributed by atoms with E-state index in [4.69, 9.17) is 18.9 Å². The minimum absolute atomic E-state index is 0.102. The molecular weight excluding hydrogens is 374 g/mol. The van der Waals surface area contributed by atoms with Crippen LogP contribution in [0, 0.1) is 5.92 Å². The SMILES string of the molecule is CC(C)(C)OC(=O)N1C2COCC1CC(C(=O)c1cccc(C3OCCO3)c1)C2. The Kier molecular flexibility index (Phi) is 5.64. The van der Waals surface area contributed by atoms with Crippen molar-refractivity contribution in [1.29, 1.82) is 0 Å². The summed E-state index contributed by atoms with van der Waals surface area (Å²) in [5.41, 5.74) is 0.975. The lowest BCUT2D eigenvalue weighted by atomic mass is 9.80. The van der Waals surface area contributed by atoms with E-state index in [9.17, 15) is 9.59 Å². The van der Waals surface area contributed by atoms with Crippen molar-refractivity contribution in [3.8, 4) is 0 Å². The lowest BCUT2D eigenvalue weighted by Crippen LogP contribution is -2.60. The number of benzene rings is 1. The van der Waals surface area contributed by atoms with Gasteiger partial charge in [0, 0.05) is 17.0 Å². The number of morpholine rings is 1.